The molecule has 0 aliphatic carbocycles. The molecule has 4 nitrogen and oxygen atoms in total. The molecule has 0 spiro atoms. The Kier molecular flexibility index (Phi) is 3.51. The maximum atomic E-state index is 11.4. The summed E-state index contributed by atoms with van der Waals surface area (Å²) < 4.78 is 5.65. The molecular weight excluding hydrogens is 266 g/mol. The van der Waals surface area contributed by atoms with Crippen molar-refractivity contribution in [2.45, 2.75) is 0 Å². The van der Waals surface area contributed by atoms with Crippen LogP contribution in [0.3, 0.4) is 0 Å². The van der Waals surface area contributed by atoms with Crippen LogP contribution < -0.4 is 4.74 Å². The van der Waals surface area contributed by atoms with E-state index in [0.717, 1.165) is 11.1 Å². The minimum Gasteiger partial charge on any atom is -0.478 e. The van der Waals surface area contributed by atoms with E-state index in [4.69, 9.17) is 4.74 Å². The average molecular weight is 279 g/mol. The van der Waals surface area contributed by atoms with Crippen molar-refractivity contribution in [3.8, 4) is 11.5 Å². The van der Waals surface area contributed by atoms with Crippen LogP contribution in [0.2, 0.25) is 0 Å². The van der Waals surface area contributed by atoms with E-state index in [1.165, 1.54) is 0 Å². The number of benzene rings is 2. The number of hydrogen-bond acceptors (Lipinski definition) is 3. The van der Waals surface area contributed by atoms with E-state index in [-0.39, 0.29) is 5.56 Å². The van der Waals surface area contributed by atoms with Gasteiger partial charge in [0.1, 0.15) is 17.1 Å². The Morgan fingerprint density at radius 2 is 1.95 bits per heavy atom. The molecule has 2 aromatic rings. The lowest BCUT2D eigenvalue weighted by Gasteiger charge is -2.10. The Bertz CT molecular complexity index is 733. The number of carboxylic acids is 1. The van der Waals surface area contributed by atoms with Crippen LogP contribution in [0.5, 0.6) is 11.5 Å². The molecule has 0 bridgehead atoms. The average Bonchev–Trinajstić information content (AvgIpc) is 3.03. The summed E-state index contributed by atoms with van der Waals surface area (Å²) in [4.78, 5) is 15.6. The quantitative estimate of drug-likeness (QED) is 0.929. The van der Waals surface area contributed by atoms with Crippen molar-refractivity contribution in [3.05, 3.63) is 65.7 Å². The zero-order valence-electron chi connectivity index (χ0n) is 11.2. The third-order valence-corrected chi connectivity index (χ3v) is 3.16. The highest BCUT2D eigenvalue weighted by Crippen LogP contribution is 2.28. The van der Waals surface area contributed by atoms with Gasteiger partial charge in [-0.05, 0) is 35.4 Å². The van der Waals surface area contributed by atoms with Crippen LogP contribution in [-0.4, -0.2) is 23.8 Å². The molecule has 21 heavy (non-hydrogen) atoms. The number of carboxylic acid groups (broad SMARTS) is 1. The molecule has 2 aromatic carbocycles. The fraction of sp³-hybridized carbons (Fsp3) is 0.0588. The molecule has 0 saturated heterocycles. The maximum absolute atomic E-state index is 11.4. The summed E-state index contributed by atoms with van der Waals surface area (Å²) in [5, 5.41) is 9.38. The standard InChI is InChI=1S/C17H13NO3/c19-17(20)15-10-12(13-8-9-18-11-13)6-7-16(15)21-14-4-2-1-3-5-14/h1-8,10-11H,9H2,(H,19,20). The summed E-state index contributed by atoms with van der Waals surface area (Å²) in [7, 11) is 0. The second kappa shape index (κ2) is 5.63. The predicted octanol–water partition coefficient (Wildman–Crippen LogP) is 3.64. The van der Waals surface area contributed by atoms with Crippen LogP contribution in [-0.2, 0) is 0 Å². The van der Waals surface area contributed by atoms with Gasteiger partial charge in [-0.1, -0.05) is 30.3 Å². The van der Waals surface area contributed by atoms with Crippen LogP contribution in [0, 0.1) is 0 Å². The van der Waals surface area contributed by atoms with E-state index in [1.54, 1.807) is 30.5 Å². The molecule has 0 fully saturated rings. The van der Waals surface area contributed by atoms with E-state index in [9.17, 15) is 9.90 Å². The third-order valence-electron chi connectivity index (χ3n) is 3.16. The molecule has 0 amide bonds. The molecule has 1 aliphatic heterocycles. The Morgan fingerprint density at radius 3 is 2.62 bits per heavy atom. The number of hydrogen-bond donors (Lipinski definition) is 1. The van der Waals surface area contributed by atoms with Crippen molar-refractivity contribution in [3.63, 3.8) is 0 Å². The fourth-order valence-corrected chi connectivity index (χ4v) is 2.13. The monoisotopic (exact) mass is 279 g/mol. The fourth-order valence-electron chi connectivity index (χ4n) is 2.13. The normalized spacial score (nSPS) is 13.0. The molecule has 3 rings (SSSR count). The van der Waals surface area contributed by atoms with Crippen LogP contribution in [0.4, 0.5) is 0 Å². The van der Waals surface area contributed by atoms with Gasteiger partial charge in [0.2, 0.25) is 0 Å². The molecule has 0 radical (unpaired) electrons. The summed E-state index contributed by atoms with van der Waals surface area (Å²) in [5.74, 6) is -0.0827. The third kappa shape index (κ3) is 2.84. The van der Waals surface area contributed by atoms with Gasteiger partial charge in [-0.2, -0.15) is 0 Å². The van der Waals surface area contributed by atoms with Crippen molar-refractivity contribution in [2.24, 2.45) is 4.99 Å². The highest BCUT2D eigenvalue weighted by atomic mass is 16.5. The molecule has 1 heterocycles. The highest BCUT2D eigenvalue weighted by Gasteiger charge is 2.15. The van der Waals surface area contributed by atoms with Crippen molar-refractivity contribution in [1.29, 1.82) is 0 Å². The second-order valence-electron chi connectivity index (χ2n) is 4.58. The van der Waals surface area contributed by atoms with Gasteiger partial charge < -0.3 is 9.84 Å². The van der Waals surface area contributed by atoms with E-state index >= 15 is 0 Å². The predicted molar refractivity (Wildman–Crippen MR) is 81.3 cm³/mol. The Labute approximate surface area is 122 Å². The first-order valence-electron chi connectivity index (χ1n) is 6.54. The van der Waals surface area contributed by atoms with Gasteiger partial charge in [0, 0.05) is 6.21 Å². The molecule has 0 unspecified atom stereocenters. The summed E-state index contributed by atoms with van der Waals surface area (Å²) in [6.07, 6.45) is 3.71. The van der Waals surface area contributed by atoms with Gasteiger partial charge >= 0.3 is 5.97 Å². The van der Waals surface area contributed by atoms with E-state index in [0.29, 0.717) is 18.0 Å². The van der Waals surface area contributed by atoms with Gasteiger partial charge in [0.15, 0.2) is 0 Å². The number of para-hydroxylation sites is 1. The van der Waals surface area contributed by atoms with Crippen LogP contribution >= 0.6 is 0 Å². The van der Waals surface area contributed by atoms with Crippen molar-refractivity contribution in [1.82, 2.24) is 0 Å². The highest BCUT2D eigenvalue weighted by molar-refractivity contribution is 6.12. The van der Waals surface area contributed by atoms with Gasteiger partial charge in [-0.3, -0.25) is 4.99 Å². The molecule has 1 aliphatic rings. The summed E-state index contributed by atoms with van der Waals surface area (Å²) in [6.45, 7) is 0.639. The second-order valence-corrected chi connectivity index (χ2v) is 4.58. The number of rotatable bonds is 4. The van der Waals surface area contributed by atoms with Crippen molar-refractivity contribution in [2.75, 3.05) is 6.54 Å². The molecule has 1 N–H and O–H groups in total. The topological polar surface area (TPSA) is 58.9 Å². The van der Waals surface area contributed by atoms with Crippen LogP contribution in [0.25, 0.3) is 5.57 Å². The first-order valence-corrected chi connectivity index (χ1v) is 6.54. The molecular formula is C17H13NO3. The number of ether oxygens (including phenoxy) is 1. The Balaban J connectivity index is 1.97. The number of allylic oxidation sites excluding steroid dienone is 1. The van der Waals surface area contributed by atoms with E-state index in [2.05, 4.69) is 4.99 Å². The van der Waals surface area contributed by atoms with E-state index in [1.807, 2.05) is 30.3 Å². The minimum absolute atomic E-state index is 0.137. The largest absolute Gasteiger partial charge is 0.478 e. The lowest BCUT2D eigenvalue weighted by Crippen LogP contribution is -2.01. The number of nitrogens with zero attached hydrogens (tertiary/aromatic N) is 1. The number of carbonyl (C=O) groups is 1. The Morgan fingerprint density at radius 1 is 1.14 bits per heavy atom. The van der Waals surface area contributed by atoms with Crippen LogP contribution in [0.15, 0.2) is 59.6 Å². The molecule has 104 valence electrons. The first-order chi connectivity index (χ1) is 10.2. The minimum atomic E-state index is -1.02. The number of aromatic carboxylic acids is 1. The lowest BCUT2D eigenvalue weighted by atomic mass is 10.0. The maximum Gasteiger partial charge on any atom is 0.339 e. The Hall–Kier alpha value is -2.88. The van der Waals surface area contributed by atoms with Crippen molar-refractivity contribution < 1.29 is 14.6 Å². The molecule has 0 atom stereocenters. The van der Waals surface area contributed by atoms with Crippen molar-refractivity contribution >= 4 is 17.8 Å². The number of aliphatic imine (C=N–C) groups is 1. The van der Waals surface area contributed by atoms with Crippen LogP contribution in [0.1, 0.15) is 15.9 Å². The zero-order valence-corrected chi connectivity index (χ0v) is 11.2. The SMILES string of the molecule is O=C(O)c1cc(C2=CCN=C2)ccc1Oc1ccccc1. The smallest absolute Gasteiger partial charge is 0.339 e. The van der Waals surface area contributed by atoms with Gasteiger partial charge in [0.05, 0.1) is 6.54 Å². The van der Waals surface area contributed by atoms with Gasteiger partial charge in [0.25, 0.3) is 0 Å². The summed E-state index contributed by atoms with van der Waals surface area (Å²) in [5.41, 5.74) is 1.90. The van der Waals surface area contributed by atoms with E-state index < -0.39 is 5.97 Å². The lowest BCUT2D eigenvalue weighted by molar-refractivity contribution is 0.0694. The van der Waals surface area contributed by atoms with Gasteiger partial charge in [-0.25, -0.2) is 4.79 Å². The molecule has 0 saturated carbocycles. The molecule has 0 aromatic heterocycles. The summed E-state index contributed by atoms with van der Waals surface area (Å²) in [6, 6.07) is 14.3. The molecule has 4 heteroatoms. The summed E-state index contributed by atoms with van der Waals surface area (Å²) >= 11 is 0. The first kappa shape index (κ1) is 13.1. The van der Waals surface area contributed by atoms with Gasteiger partial charge in [-0.15, -0.1) is 0 Å². The zero-order chi connectivity index (χ0) is 14.7.